The van der Waals surface area contributed by atoms with Gasteiger partial charge in [-0.2, -0.15) is 0 Å². The van der Waals surface area contributed by atoms with Crippen LogP contribution >= 0.6 is 0 Å². The van der Waals surface area contributed by atoms with Crippen molar-refractivity contribution >= 4 is 16.8 Å². The van der Waals surface area contributed by atoms with E-state index in [1.807, 2.05) is 36.4 Å². The average molecular weight is 323 g/mol. The topological polar surface area (TPSA) is 54.0 Å². The van der Waals surface area contributed by atoms with Crippen LogP contribution in [0.2, 0.25) is 0 Å². The van der Waals surface area contributed by atoms with Gasteiger partial charge in [-0.25, -0.2) is 0 Å². The molecule has 0 unspecified atom stereocenters. The van der Waals surface area contributed by atoms with E-state index in [-0.39, 0.29) is 5.91 Å². The van der Waals surface area contributed by atoms with Gasteiger partial charge in [0.05, 0.1) is 17.6 Å². The molecule has 4 heteroatoms. The third kappa shape index (κ3) is 3.44. The highest BCUT2D eigenvalue weighted by molar-refractivity contribution is 5.81. The van der Waals surface area contributed by atoms with Crippen LogP contribution in [-0.4, -0.2) is 29.5 Å². The highest BCUT2D eigenvalue weighted by atomic mass is 16.1. The van der Waals surface area contributed by atoms with E-state index in [2.05, 4.69) is 15.6 Å². The summed E-state index contributed by atoms with van der Waals surface area (Å²) in [5, 5.41) is 7.91. The standard InChI is InChI=1S/C20H25N3O/c24-20(12-16-10-9-14-5-1-3-7-18(14)22-16)21-13-17-11-15-6-2-4-8-19(15)23-17/h1,3,5,7,9-10,15,17,19,23H,2,4,6,8,11-13H2,(H,21,24)/t15-,17-,19-/m0/s1. The predicted molar refractivity (Wildman–Crippen MR) is 95.7 cm³/mol. The fourth-order valence-corrected chi connectivity index (χ4v) is 4.26. The number of carbonyl (C=O) groups excluding carboxylic acids is 1. The van der Waals surface area contributed by atoms with Gasteiger partial charge in [0.15, 0.2) is 0 Å². The number of nitrogens with one attached hydrogen (secondary N) is 2. The second kappa shape index (κ2) is 6.89. The number of carbonyl (C=O) groups is 1. The monoisotopic (exact) mass is 323 g/mol. The molecule has 3 atom stereocenters. The minimum absolute atomic E-state index is 0.0643. The molecule has 2 aromatic rings. The van der Waals surface area contributed by atoms with E-state index in [0.717, 1.165) is 29.1 Å². The Labute approximate surface area is 143 Å². The molecule has 1 saturated heterocycles. The van der Waals surface area contributed by atoms with E-state index in [0.29, 0.717) is 18.5 Å². The Morgan fingerprint density at radius 1 is 1.17 bits per heavy atom. The molecule has 2 N–H and O–H groups in total. The van der Waals surface area contributed by atoms with E-state index in [1.54, 1.807) is 0 Å². The van der Waals surface area contributed by atoms with Crippen LogP contribution < -0.4 is 10.6 Å². The zero-order valence-electron chi connectivity index (χ0n) is 14.0. The van der Waals surface area contributed by atoms with Gasteiger partial charge >= 0.3 is 0 Å². The molecular weight excluding hydrogens is 298 g/mol. The van der Waals surface area contributed by atoms with Crippen LogP contribution in [0.4, 0.5) is 0 Å². The molecule has 2 aliphatic rings. The Balaban J connectivity index is 1.30. The van der Waals surface area contributed by atoms with Crippen LogP contribution in [0, 0.1) is 5.92 Å². The summed E-state index contributed by atoms with van der Waals surface area (Å²) in [6, 6.07) is 13.1. The number of hydrogen-bond acceptors (Lipinski definition) is 3. The molecule has 0 spiro atoms. The van der Waals surface area contributed by atoms with Crippen LogP contribution in [0.1, 0.15) is 37.8 Å². The molecule has 1 saturated carbocycles. The van der Waals surface area contributed by atoms with Crippen molar-refractivity contribution < 1.29 is 4.79 Å². The zero-order chi connectivity index (χ0) is 16.4. The molecule has 4 nitrogen and oxygen atoms in total. The Morgan fingerprint density at radius 2 is 2.04 bits per heavy atom. The lowest BCUT2D eigenvalue weighted by Crippen LogP contribution is -2.40. The first-order chi connectivity index (χ1) is 11.8. The van der Waals surface area contributed by atoms with Crippen LogP contribution in [0.15, 0.2) is 36.4 Å². The molecule has 1 aromatic heterocycles. The number of fused-ring (bicyclic) bond motifs is 2. The summed E-state index contributed by atoms with van der Waals surface area (Å²) < 4.78 is 0. The maximum Gasteiger partial charge on any atom is 0.226 e. The van der Waals surface area contributed by atoms with Crippen LogP contribution in [0.3, 0.4) is 0 Å². The molecule has 0 bridgehead atoms. The summed E-state index contributed by atoms with van der Waals surface area (Å²) in [6.45, 7) is 0.736. The molecule has 0 radical (unpaired) electrons. The lowest BCUT2D eigenvalue weighted by molar-refractivity contribution is -0.120. The van der Waals surface area contributed by atoms with Gasteiger partial charge in [0.2, 0.25) is 5.91 Å². The predicted octanol–water partition coefficient (Wildman–Crippen LogP) is 2.81. The van der Waals surface area contributed by atoms with Crippen LogP contribution in [0.25, 0.3) is 10.9 Å². The third-order valence-electron chi connectivity index (χ3n) is 5.49. The minimum Gasteiger partial charge on any atom is -0.354 e. The van der Waals surface area contributed by atoms with Crippen molar-refractivity contribution in [3.05, 3.63) is 42.1 Å². The first-order valence-corrected chi connectivity index (χ1v) is 9.15. The lowest BCUT2D eigenvalue weighted by Gasteiger charge is -2.24. The normalized spacial score (nSPS) is 26.2. The van der Waals surface area contributed by atoms with Crippen molar-refractivity contribution in [1.82, 2.24) is 15.6 Å². The van der Waals surface area contributed by atoms with Crippen molar-refractivity contribution in [3.8, 4) is 0 Å². The molecule has 126 valence electrons. The summed E-state index contributed by atoms with van der Waals surface area (Å²) in [5.74, 6) is 0.886. The second-order valence-corrected chi connectivity index (χ2v) is 7.23. The van der Waals surface area contributed by atoms with Gasteiger partial charge in [-0.1, -0.05) is 37.1 Å². The Bertz CT molecular complexity index is 716. The van der Waals surface area contributed by atoms with E-state index < -0.39 is 0 Å². The molecule has 2 fully saturated rings. The quantitative estimate of drug-likeness (QED) is 0.910. The molecular formula is C20H25N3O. The SMILES string of the molecule is O=C(Cc1ccc2ccccc2n1)NC[C@@H]1C[C@@H]2CCCC[C@@H]2N1. The Morgan fingerprint density at radius 3 is 2.96 bits per heavy atom. The van der Waals surface area contributed by atoms with E-state index in [4.69, 9.17) is 0 Å². The van der Waals surface area contributed by atoms with Crippen molar-refractivity contribution in [3.63, 3.8) is 0 Å². The maximum absolute atomic E-state index is 12.2. The third-order valence-corrected chi connectivity index (χ3v) is 5.49. The largest absolute Gasteiger partial charge is 0.354 e. The molecule has 1 aromatic carbocycles. The Hall–Kier alpha value is -1.94. The summed E-state index contributed by atoms with van der Waals surface area (Å²) in [4.78, 5) is 16.8. The fourth-order valence-electron chi connectivity index (χ4n) is 4.26. The fraction of sp³-hybridized carbons (Fsp3) is 0.500. The van der Waals surface area contributed by atoms with Gasteiger partial charge in [0.1, 0.15) is 0 Å². The molecule has 24 heavy (non-hydrogen) atoms. The van der Waals surface area contributed by atoms with Gasteiger partial charge in [0, 0.05) is 24.0 Å². The van der Waals surface area contributed by atoms with Crippen molar-refractivity contribution in [1.29, 1.82) is 0 Å². The molecule has 1 amide bonds. The maximum atomic E-state index is 12.2. The van der Waals surface area contributed by atoms with E-state index in [9.17, 15) is 4.79 Å². The van der Waals surface area contributed by atoms with Gasteiger partial charge in [-0.05, 0) is 37.3 Å². The van der Waals surface area contributed by atoms with Gasteiger partial charge in [0.25, 0.3) is 0 Å². The van der Waals surface area contributed by atoms with Gasteiger partial charge in [-0.3, -0.25) is 9.78 Å². The summed E-state index contributed by atoms with van der Waals surface area (Å²) in [7, 11) is 0. The highest BCUT2D eigenvalue weighted by Crippen LogP contribution is 2.32. The summed E-state index contributed by atoms with van der Waals surface area (Å²) in [6.07, 6.45) is 6.93. The number of para-hydroxylation sites is 1. The van der Waals surface area contributed by atoms with E-state index >= 15 is 0 Å². The van der Waals surface area contributed by atoms with Gasteiger partial charge < -0.3 is 10.6 Å². The van der Waals surface area contributed by atoms with Crippen molar-refractivity contribution in [2.24, 2.45) is 5.92 Å². The number of pyridine rings is 1. The first-order valence-electron chi connectivity index (χ1n) is 9.15. The number of nitrogens with zero attached hydrogens (tertiary/aromatic N) is 1. The average Bonchev–Trinajstić information content (AvgIpc) is 3.03. The molecule has 2 heterocycles. The highest BCUT2D eigenvalue weighted by Gasteiger charge is 2.34. The summed E-state index contributed by atoms with van der Waals surface area (Å²) in [5.41, 5.74) is 1.78. The first kappa shape index (κ1) is 15.6. The second-order valence-electron chi connectivity index (χ2n) is 7.23. The van der Waals surface area contributed by atoms with Crippen LogP contribution in [-0.2, 0) is 11.2 Å². The van der Waals surface area contributed by atoms with E-state index in [1.165, 1.54) is 32.1 Å². The van der Waals surface area contributed by atoms with Crippen LogP contribution in [0.5, 0.6) is 0 Å². The Kier molecular flexibility index (Phi) is 4.48. The molecule has 4 rings (SSSR count). The number of amides is 1. The van der Waals surface area contributed by atoms with Crippen molar-refractivity contribution in [2.45, 2.75) is 50.6 Å². The molecule has 1 aliphatic carbocycles. The lowest BCUT2D eigenvalue weighted by atomic mass is 9.85. The number of hydrogen-bond donors (Lipinski definition) is 2. The molecule has 1 aliphatic heterocycles. The zero-order valence-corrected chi connectivity index (χ0v) is 14.0. The minimum atomic E-state index is 0.0643. The van der Waals surface area contributed by atoms with Crippen molar-refractivity contribution in [2.75, 3.05) is 6.54 Å². The number of rotatable bonds is 4. The number of aromatic nitrogens is 1. The summed E-state index contributed by atoms with van der Waals surface area (Å²) >= 11 is 0. The van der Waals surface area contributed by atoms with Gasteiger partial charge in [-0.15, -0.1) is 0 Å². The number of benzene rings is 1. The smallest absolute Gasteiger partial charge is 0.226 e.